The van der Waals surface area contributed by atoms with Crippen LogP contribution in [-0.2, 0) is 4.79 Å². The van der Waals surface area contributed by atoms with Crippen LogP contribution in [0.5, 0.6) is 0 Å². The van der Waals surface area contributed by atoms with Crippen LogP contribution in [0.3, 0.4) is 0 Å². The molecule has 2 N–H and O–H groups in total. The third-order valence-corrected chi connectivity index (χ3v) is 3.12. The van der Waals surface area contributed by atoms with Gasteiger partial charge in [-0.3, -0.25) is 9.69 Å². The Hall–Kier alpha value is -1.29. The van der Waals surface area contributed by atoms with E-state index in [-0.39, 0.29) is 11.9 Å². The van der Waals surface area contributed by atoms with Gasteiger partial charge in [-0.25, -0.2) is 0 Å². The highest BCUT2D eigenvalue weighted by Gasteiger charge is 2.25. The summed E-state index contributed by atoms with van der Waals surface area (Å²) in [6, 6.07) is 4.08. The molecule has 0 aliphatic carbocycles. The van der Waals surface area contributed by atoms with E-state index in [1.807, 2.05) is 12.1 Å². The van der Waals surface area contributed by atoms with Gasteiger partial charge in [0.05, 0.1) is 12.3 Å². The quantitative estimate of drug-likeness (QED) is 0.824. The molecule has 1 atom stereocenters. The van der Waals surface area contributed by atoms with Crippen molar-refractivity contribution in [1.82, 2.24) is 4.90 Å². The highest BCUT2D eigenvalue weighted by atomic mass is 16.3. The molecule has 0 radical (unpaired) electrons. The van der Waals surface area contributed by atoms with E-state index in [9.17, 15) is 4.79 Å². The van der Waals surface area contributed by atoms with E-state index < -0.39 is 0 Å². The van der Waals surface area contributed by atoms with Crippen LogP contribution in [0.15, 0.2) is 22.8 Å². The van der Waals surface area contributed by atoms with Crippen molar-refractivity contribution in [2.24, 2.45) is 5.73 Å². The summed E-state index contributed by atoms with van der Waals surface area (Å²) in [5, 5.41) is 0. The van der Waals surface area contributed by atoms with E-state index in [0.717, 1.165) is 25.3 Å². The maximum Gasteiger partial charge on any atom is 0.217 e. The van der Waals surface area contributed by atoms with Gasteiger partial charge in [-0.1, -0.05) is 0 Å². The number of hydrogen-bond acceptors (Lipinski definition) is 3. The second kappa shape index (κ2) is 5.16. The highest BCUT2D eigenvalue weighted by Crippen LogP contribution is 2.29. The molecule has 88 valence electrons. The first-order chi connectivity index (χ1) is 7.77. The molecule has 1 unspecified atom stereocenters. The number of amides is 1. The molecular weight excluding hydrogens is 204 g/mol. The van der Waals surface area contributed by atoms with Crippen molar-refractivity contribution >= 4 is 5.91 Å². The molecule has 1 fully saturated rings. The summed E-state index contributed by atoms with van der Waals surface area (Å²) in [5.74, 6) is 0.707. The summed E-state index contributed by atoms with van der Waals surface area (Å²) in [5.41, 5.74) is 5.20. The number of nitrogens with zero attached hydrogens (tertiary/aromatic N) is 1. The minimum absolute atomic E-state index is 0.213. The fourth-order valence-corrected chi connectivity index (χ4v) is 2.32. The molecule has 16 heavy (non-hydrogen) atoms. The van der Waals surface area contributed by atoms with E-state index in [4.69, 9.17) is 10.2 Å². The van der Waals surface area contributed by atoms with Gasteiger partial charge in [0.1, 0.15) is 5.76 Å². The molecule has 2 heterocycles. The molecule has 4 nitrogen and oxygen atoms in total. The van der Waals surface area contributed by atoms with Crippen LogP contribution in [0, 0.1) is 0 Å². The van der Waals surface area contributed by atoms with Crippen molar-refractivity contribution in [2.45, 2.75) is 31.7 Å². The number of nitrogens with two attached hydrogens (primary N) is 1. The first-order valence-corrected chi connectivity index (χ1v) is 5.83. The summed E-state index contributed by atoms with van der Waals surface area (Å²) >= 11 is 0. The molecule has 0 saturated carbocycles. The van der Waals surface area contributed by atoms with E-state index in [1.54, 1.807) is 6.26 Å². The normalized spacial score (nSPS) is 18.8. The first-order valence-electron chi connectivity index (χ1n) is 5.83. The van der Waals surface area contributed by atoms with Crippen molar-refractivity contribution in [2.75, 3.05) is 13.1 Å². The van der Waals surface area contributed by atoms with Crippen LogP contribution in [0.4, 0.5) is 0 Å². The maximum atomic E-state index is 10.9. The molecule has 1 aliphatic rings. The zero-order chi connectivity index (χ0) is 11.4. The Morgan fingerprint density at radius 3 is 2.81 bits per heavy atom. The first kappa shape index (κ1) is 11.2. The molecule has 1 amide bonds. The second-order valence-corrected chi connectivity index (χ2v) is 4.28. The Bertz CT molecular complexity index is 329. The van der Waals surface area contributed by atoms with Gasteiger partial charge >= 0.3 is 0 Å². The van der Waals surface area contributed by atoms with E-state index in [0.29, 0.717) is 6.42 Å². The molecule has 0 bridgehead atoms. The highest BCUT2D eigenvalue weighted by molar-refractivity contribution is 5.73. The zero-order valence-electron chi connectivity index (χ0n) is 9.39. The Kier molecular flexibility index (Phi) is 3.62. The molecule has 4 heteroatoms. The van der Waals surface area contributed by atoms with Gasteiger partial charge in [-0.2, -0.15) is 0 Å². The van der Waals surface area contributed by atoms with Crippen molar-refractivity contribution in [1.29, 1.82) is 0 Å². The van der Waals surface area contributed by atoms with Crippen LogP contribution >= 0.6 is 0 Å². The average Bonchev–Trinajstić information content (AvgIpc) is 2.88. The topological polar surface area (TPSA) is 59.5 Å². The monoisotopic (exact) mass is 222 g/mol. The third-order valence-electron chi connectivity index (χ3n) is 3.12. The van der Waals surface area contributed by atoms with Crippen molar-refractivity contribution < 1.29 is 9.21 Å². The van der Waals surface area contributed by atoms with Crippen LogP contribution in [0.1, 0.15) is 37.5 Å². The summed E-state index contributed by atoms with van der Waals surface area (Å²) < 4.78 is 5.45. The lowest BCUT2D eigenvalue weighted by atomic mass is 10.1. The summed E-state index contributed by atoms with van der Waals surface area (Å²) in [6.45, 7) is 2.17. The molecule has 2 rings (SSSR count). The zero-order valence-corrected chi connectivity index (χ0v) is 9.39. The van der Waals surface area contributed by atoms with E-state index in [2.05, 4.69) is 4.90 Å². The smallest absolute Gasteiger partial charge is 0.217 e. The predicted octanol–water partition coefficient (Wildman–Crippen LogP) is 1.68. The number of rotatable bonds is 5. The summed E-state index contributed by atoms with van der Waals surface area (Å²) in [6.07, 6.45) is 5.31. The number of hydrogen-bond donors (Lipinski definition) is 1. The van der Waals surface area contributed by atoms with Crippen molar-refractivity contribution in [3.8, 4) is 0 Å². The SMILES string of the molecule is NC(=O)CCC(c1ccco1)N1CCCC1. The van der Waals surface area contributed by atoms with Crippen molar-refractivity contribution in [3.05, 3.63) is 24.2 Å². The van der Waals surface area contributed by atoms with E-state index >= 15 is 0 Å². The van der Waals surface area contributed by atoms with Crippen LogP contribution in [-0.4, -0.2) is 23.9 Å². The fourth-order valence-electron chi connectivity index (χ4n) is 2.32. The van der Waals surface area contributed by atoms with Gasteiger partial charge in [0.15, 0.2) is 0 Å². The molecule has 1 aromatic rings. The van der Waals surface area contributed by atoms with Crippen LogP contribution < -0.4 is 5.73 Å². The lowest BCUT2D eigenvalue weighted by Gasteiger charge is -2.25. The van der Waals surface area contributed by atoms with Crippen LogP contribution in [0.25, 0.3) is 0 Å². The minimum Gasteiger partial charge on any atom is -0.468 e. The second-order valence-electron chi connectivity index (χ2n) is 4.28. The number of primary amides is 1. The summed E-state index contributed by atoms with van der Waals surface area (Å²) in [7, 11) is 0. The minimum atomic E-state index is -0.240. The Balaban J connectivity index is 2.03. The van der Waals surface area contributed by atoms with Crippen molar-refractivity contribution in [3.63, 3.8) is 0 Å². The van der Waals surface area contributed by atoms with Crippen LogP contribution in [0.2, 0.25) is 0 Å². The van der Waals surface area contributed by atoms with Gasteiger partial charge in [-0.15, -0.1) is 0 Å². The van der Waals surface area contributed by atoms with Gasteiger partial charge in [-0.05, 0) is 44.5 Å². The molecule has 0 aromatic carbocycles. The van der Waals surface area contributed by atoms with E-state index in [1.165, 1.54) is 12.8 Å². The van der Waals surface area contributed by atoms with Gasteiger partial charge in [0.2, 0.25) is 5.91 Å². The number of likely N-dealkylation sites (tertiary alicyclic amines) is 1. The van der Waals surface area contributed by atoms with Gasteiger partial charge < -0.3 is 10.2 Å². The Morgan fingerprint density at radius 2 is 2.25 bits per heavy atom. The maximum absolute atomic E-state index is 10.9. The predicted molar refractivity (Wildman–Crippen MR) is 60.7 cm³/mol. The molecule has 1 saturated heterocycles. The lowest BCUT2D eigenvalue weighted by molar-refractivity contribution is -0.118. The van der Waals surface area contributed by atoms with Gasteiger partial charge in [0, 0.05) is 6.42 Å². The summed E-state index contributed by atoms with van der Waals surface area (Å²) in [4.78, 5) is 13.2. The largest absolute Gasteiger partial charge is 0.468 e. The Labute approximate surface area is 95.4 Å². The fraction of sp³-hybridized carbons (Fsp3) is 0.583. The average molecular weight is 222 g/mol. The Morgan fingerprint density at radius 1 is 1.50 bits per heavy atom. The third kappa shape index (κ3) is 2.64. The number of carbonyl (C=O) groups is 1. The number of furan rings is 1. The standard InChI is InChI=1S/C12H18N2O2/c13-12(15)6-5-10(11-4-3-9-16-11)14-7-1-2-8-14/h3-4,9-10H,1-2,5-8H2,(H2,13,15). The molecule has 1 aliphatic heterocycles. The molecule has 0 spiro atoms. The number of carbonyl (C=O) groups excluding carboxylic acids is 1. The lowest BCUT2D eigenvalue weighted by Crippen LogP contribution is -2.26. The molecular formula is C12H18N2O2. The molecule has 1 aromatic heterocycles. The van der Waals surface area contributed by atoms with Gasteiger partial charge in [0.25, 0.3) is 0 Å².